The Balaban J connectivity index is 1.93. The van der Waals surface area contributed by atoms with Gasteiger partial charge >= 0.3 is 0 Å². The number of amides is 1. The molecule has 7 heteroatoms. The highest BCUT2D eigenvalue weighted by Gasteiger charge is 2.38. The van der Waals surface area contributed by atoms with Gasteiger partial charge in [-0.1, -0.05) is 0 Å². The summed E-state index contributed by atoms with van der Waals surface area (Å²) in [6.07, 6.45) is 0.633. The van der Waals surface area contributed by atoms with Crippen LogP contribution in [0.25, 0.3) is 0 Å². The Morgan fingerprint density at radius 2 is 2.15 bits per heavy atom. The van der Waals surface area contributed by atoms with Crippen molar-refractivity contribution in [2.45, 2.75) is 30.3 Å². The second-order valence-corrected chi connectivity index (χ2v) is 7.57. The van der Waals surface area contributed by atoms with Crippen LogP contribution in [0.4, 0.5) is 5.69 Å². The van der Waals surface area contributed by atoms with E-state index >= 15 is 0 Å². The van der Waals surface area contributed by atoms with Gasteiger partial charge in [-0.25, -0.2) is 8.42 Å². The van der Waals surface area contributed by atoms with Crippen LogP contribution >= 0.6 is 0 Å². The molecule has 1 aromatic rings. The van der Waals surface area contributed by atoms with Gasteiger partial charge in [0.1, 0.15) is 0 Å². The van der Waals surface area contributed by atoms with E-state index in [0.29, 0.717) is 24.2 Å². The Bertz CT molecular complexity index is 682. The van der Waals surface area contributed by atoms with Crippen LogP contribution in [0.3, 0.4) is 0 Å². The summed E-state index contributed by atoms with van der Waals surface area (Å²) in [6, 6.07) is 4.64. The molecule has 1 unspecified atom stereocenters. The van der Waals surface area contributed by atoms with E-state index in [1.807, 2.05) is 0 Å². The first kappa shape index (κ1) is 13.5. The van der Waals surface area contributed by atoms with E-state index in [-0.39, 0.29) is 23.8 Å². The van der Waals surface area contributed by atoms with E-state index in [9.17, 15) is 18.3 Å². The maximum atomic E-state index is 12.5. The average molecular weight is 296 g/mol. The number of nitrogens with zero attached hydrogens (tertiary/aromatic N) is 1. The van der Waals surface area contributed by atoms with E-state index in [1.165, 1.54) is 16.4 Å². The Hall–Kier alpha value is -1.44. The number of rotatable bonds is 2. The number of benzene rings is 1. The summed E-state index contributed by atoms with van der Waals surface area (Å²) < 4.78 is 26.3. The van der Waals surface area contributed by atoms with Crippen LogP contribution in [0, 0.1) is 0 Å². The van der Waals surface area contributed by atoms with Crippen LogP contribution in [0.1, 0.15) is 18.9 Å². The zero-order valence-corrected chi connectivity index (χ0v) is 11.9. The number of hydrogen-bond acceptors (Lipinski definition) is 4. The van der Waals surface area contributed by atoms with Crippen molar-refractivity contribution in [1.29, 1.82) is 0 Å². The molecule has 0 aliphatic carbocycles. The van der Waals surface area contributed by atoms with Gasteiger partial charge in [-0.3, -0.25) is 4.79 Å². The van der Waals surface area contributed by atoms with Gasteiger partial charge in [-0.05, 0) is 37.1 Å². The van der Waals surface area contributed by atoms with Gasteiger partial charge in [-0.15, -0.1) is 0 Å². The van der Waals surface area contributed by atoms with Gasteiger partial charge in [0.2, 0.25) is 15.9 Å². The zero-order chi connectivity index (χ0) is 14.5. The lowest BCUT2D eigenvalue weighted by Crippen LogP contribution is -2.33. The average Bonchev–Trinajstić information content (AvgIpc) is 2.89. The number of sulfonamides is 1. The van der Waals surface area contributed by atoms with Crippen molar-refractivity contribution in [2.24, 2.45) is 0 Å². The Kier molecular flexibility index (Phi) is 2.89. The highest BCUT2D eigenvalue weighted by atomic mass is 32.2. The molecule has 0 bridgehead atoms. The van der Waals surface area contributed by atoms with Crippen molar-refractivity contribution in [1.82, 2.24) is 4.31 Å². The van der Waals surface area contributed by atoms with Gasteiger partial charge in [0.05, 0.1) is 16.9 Å². The molecule has 0 saturated carbocycles. The summed E-state index contributed by atoms with van der Waals surface area (Å²) in [5.74, 6) is -0.126. The zero-order valence-electron chi connectivity index (χ0n) is 11.1. The van der Waals surface area contributed by atoms with Gasteiger partial charge in [-0.2, -0.15) is 4.31 Å². The molecule has 2 N–H and O–H groups in total. The second kappa shape index (κ2) is 4.28. The molecule has 1 saturated heterocycles. The SMILES string of the molecule is CC1(O)CCN(S(=O)(=O)c2ccc3c(c2)CC(=O)N3)C1. The van der Waals surface area contributed by atoms with Crippen LogP contribution in [0.15, 0.2) is 23.1 Å². The molecule has 1 aromatic carbocycles. The summed E-state index contributed by atoms with van der Waals surface area (Å²) in [4.78, 5) is 11.5. The first-order valence-electron chi connectivity index (χ1n) is 6.43. The minimum absolute atomic E-state index is 0.101. The highest BCUT2D eigenvalue weighted by Crippen LogP contribution is 2.30. The van der Waals surface area contributed by atoms with Crippen molar-refractivity contribution < 1.29 is 18.3 Å². The lowest BCUT2D eigenvalue weighted by molar-refractivity contribution is -0.115. The number of β-amino-alcohol motifs (C(OH)–C–C–N with tert-alkyl or cyclic N) is 1. The van der Waals surface area contributed by atoms with Gasteiger partial charge < -0.3 is 10.4 Å². The normalized spacial score (nSPS) is 26.6. The van der Waals surface area contributed by atoms with Crippen LogP contribution in [0.2, 0.25) is 0 Å². The largest absolute Gasteiger partial charge is 0.389 e. The molecule has 0 aromatic heterocycles. The minimum atomic E-state index is -3.61. The molecular formula is C13H16N2O4S. The maximum Gasteiger partial charge on any atom is 0.243 e. The first-order chi connectivity index (χ1) is 9.28. The van der Waals surface area contributed by atoms with Crippen LogP contribution in [-0.2, 0) is 21.2 Å². The van der Waals surface area contributed by atoms with Crippen LogP contribution in [-0.4, -0.2) is 42.4 Å². The molecule has 1 atom stereocenters. The predicted octanol–water partition coefficient (Wildman–Crippen LogP) is 0.327. The fourth-order valence-electron chi connectivity index (χ4n) is 2.62. The molecule has 20 heavy (non-hydrogen) atoms. The topological polar surface area (TPSA) is 86.7 Å². The summed E-state index contributed by atoms with van der Waals surface area (Å²) in [6.45, 7) is 2.04. The molecule has 1 fully saturated rings. The highest BCUT2D eigenvalue weighted by molar-refractivity contribution is 7.89. The molecule has 6 nitrogen and oxygen atoms in total. The fraction of sp³-hybridized carbons (Fsp3) is 0.462. The fourth-order valence-corrected chi connectivity index (χ4v) is 4.23. The number of hydrogen-bond donors (Lipinski definition) is 2. The van der Waals surface area contributed by atoms with E-state index in [2.05, 4.69) is 5.32 Å². The van der Waals surface area contributed by atoms with Gasteiger partial charge in [0.15, 0.2) is 0 Å². The molecule has 108 valence electrons. The van der Waals surface area contributed by atoms with Gasteiger partial charge in [0.25, 0.3) is 0 Å². The van der Waals surface area contributed by atoms with E-state index in [4.69, 9.17) is 0 Å². The Labute approximate surface area is 117 Å². The lowest BCUT2D eigenvalue weighted by atomic mass is 10.1. The van der Waals surface area contributed by atoms with Crippen LogP contribution < -0.4 is 5.32 Å². The molecule has 3 rings (SSSR count). The number of nitrogens with one attached hydrogen (secondary N) is 1. The third-order valence-electron chi connectivity index (χ3n) is 3.76. The van der Waals surface area contributed by atoms with Crippen LogP contribution in [0.5, 0.6) is 0 Å². The number of carbonyl (C=O) groups excluding carboxylic acids is 1. The standard InChI is InChI=1S/C13H16N2O4S/c1-13(17)4-5-15(8-13)20(18,19)10-2-3-11-9(6-10)7-12(16)14-11/h2-3,6,17H,4-5,7-8H2,1H3,(H,14,16). The number of anilines is 1. The minimum Gasteiger partial charge on any atom is -0.389 e. The van der Waals surface area contributed by atoms with Crippen molar-refractivity contribution in [3.8, 4) is 0 Å². The van der Waals surface area contributed by atoms with E-state index in [1.54, 1.807) is 13.0 Å². The third kappa shape index (κ3) is 2.21. The molecule has 2 aliphatic rings. The van der Waals surface area contributed by atoms with Crippen molar-refractivity contribution in [3.05, 3.63) is 23.8 Å². The lowest BCUT2D eigenvalue weighted by Gasteiger charge is -2.19. The number of aliphatic hydroxyl groups is 1. The van der Waals surface area contributed by atoms with Gasteiger partial charge in [0, 0.05) is 18.8 Å². The summed E-state index contributed by atoms with van der Waals surface area (Å²) >= 11 is 0. The molecule has 2 aliphatic heterocycles. The molecular weight excluding hydrogens is 280 g/mol. The van der Waals surface area contributed by atoms with Crippen molar-refractivity contribution in [2.75, 3.05) is 18.4 Å². The smallest absolute Gasteiger partial charge is 0.243 e. The Morgan fingerprint density at radius 1 is 1.40 bits per heavy atom. The molecule has 0 spiro atoms. The summed E-state index contributed by atoms with van der Waals surface area (Å²) in [5, 5.41) is 12.6. The maximum absolute atomic E-state index is 12.5. The number of carbonyl (C=O) groups is 1. The Morgan fingerprint density at radius 3 is 2.80 bits per heavy atom. The first-order valence-corrected chi connectivity index (χ1v) is 7.87. The molecule has 0 radical (unpaired) electrons. The van der Waals surface area contributed by atoms with Crippen molar-refractivity contribution >= 4 is 21.6 Å². The molecule has 1 amide bonds. The molecule has 2 heterocycles. The summed E-state index contributed by atoms with van der Waals surface area (Å²) in [5.41, 5.74) is 0.394. The summed E-state index contributed by atoms with van der Waals surface area (Å²) in [7, 11) is -3.61. The van der Waals surface area contributed by atoms with E-state index in [0.717, 1.165) is 0 Å². The van der Waals surface area contributed by atoms with E-state index < -0.39 is 15.6 Å². The number of fused-ring (bicyclic) bond motifs is 1. The monoisotopic (exact) mass is 296 g/mol. The third-order valence-corrected chi connectivity index (χ3v) is 5.60. The second-order valence-electron chi connectivity index (χ2n) is 5.63. The van der Waals surface area contributed by atoms with Crippen molar-refractivity contribution in [3.63, 3.8) is 0 Å². The quantitative estimate of drug-likeness (QED) is 0.823. The predicted molar refractivity (Wildman–Crippen MR) is 72.8 cm³/mol.